The molecule has 2 rings (SSSR count). The minimum absolute atomic E-state index is 0.554. The molecule has 1 heterocycles. The highest BCUT2D eigenvalue weighted by atomic mass is 32.1. The van der Waals surface area contributed by atoms with Gasteiger partial charge in [0.05, 0.1) is 17.3 Å². The third-order valence-electron chi connectivity index (χ3n) is 2.57. The van der Waals surface area contributed by atoms with Gasteiger partial charge in [0.2, 0.25) is 0 Å². The lowest BCUT2D eigenvalue weighted by Crippen LogP contribution is -2.01. The first-order valence-corrected chi connectivity index (χ1v) is 7.06. The fraction of sp³-hybridized carbons (Fsp3) is 0.200. The number of carboxylic acids is 1. The van der Waals surface area contributed by atoms with E-state index in [0.29, 0.717) is 18.7 Å². The number of hydrogen-bond donors (Lipinski definition) is 1. The summed E-state index contributed by atoms with van der Waals surface area (Å²) in [5.74, 6) is -0.125. The molecule has 0 amide bonds. The van der Waals surface area contributed by atoms with Crippen LogP contribution in [0.4, 0.5) is 0 Å². The van der Waals surface area contributed by atoms with E-state index < -0.39 is 5.97 Å². The van der Waals surface area contributed by atoms with Crippen LogP contribution in [0.25, 0.3) is 6.08 Å². The Kier molecular flexibility index (Phi) is 4.90. The Morgan fingerprint density at radius 2 is 2.15 bits per heavy atom. The maximum Gasteiger partial charge on any atom is 0.328 e. The number of ether oxygens (including phenoxy) is 1. The molecule has 0 atom stereocenters. The SMILES string of the molecule is Cc1ccc(OCCc2nc(/C=C/C(=O)O)cs2)cc1. The number of aliphatic carboxylic acids is 1. The van der Waals surface area contributed by atoms with E-state index in [1.54, 1.807) is 0 Å². The molecule has 20 heavy (non-hydrogen) atoms. The summed E-state index contributed by atoms with van der Waals surface area (Å²) in [6, 6.07) is 7.90. The highest BCUT2D eigenvalue weighted by Crippen LogP contribution is 2.14. The number of hydrogen-bond acceptors (Lipinski definition) is 4. The van der Waals surface area contributed by atoms with Crippen molar-refractivity contribution in [2.24, 2.45) is 0 Å². The average molecular weight is 289 g/mol. The van der Waals surface area contributed by atoms with E-state index in [1.165, 1.54) is 23.0 Å². The molecule has 0 aliphatic heterocycles. The van der Waals surface area contributed by atoms with Crippen molar-refractivity contribution >= 4 is 23.4 Å². The van der Waals surface area contributed by atoms with Gasteiger partial charge in [-0.2, -0.15) is 0 Å². The highest BCUT2D eigenvalue weighted by Gasteiger charge is 2.01. The van der Waals surface area contributed by atoms with Crippen molar-refractivity contribution in [3.8, 4) is 5.75 Å². The smallest absolute Gasteiger partial charge is 0.328 e. The zero-order valence-corrected chi connectivity index (χ0v) is 11.9. The molecule has 1 aromatic heterocycles. The van der Waals surface area contributed by atoms with Crippen LogP contribution in [0.1, 0.15) is 16.3 Å². The second-order valence-electron chi connectivity index (χ2n) is 4.25. The van der Waals surface area contributed by atoms with E-state index in [-0.39, 0.29) is 0 Å². The standard InChI is InChI=1S/C15H15NO3S/c1-11-2-5-13(6-3-11)19-9-8-14-16-12(10-20-14)4-7-15(17)18/h2-7,10H,8-9H2,1H3,(H,17,18)/b7-4+. The van der Waals surface area contributed by atoms with Crippen molar-refractivity contribution in [2.45, 2.75) is 13.3 Å². The van der Waals surface area contributed by atoms with Crippen molar-refractivity contribution < 1.29 is 14.6 Å². The second kappa shape index (κ2) is 6.86. The fourth-order valence-corrected chi connectivity index (χ4v) is 2.31. The molecule has 1 N–H and O–H groups in total. The molecule has 2 aromatic rings. The number of thiazole rings is 1. The van der Waals surface area contributed by atoms with Gasteiger partial charge in [0.15, 0.2) is 0 Å². The van der Waals surface area contributed by atoms with Crippen LogP contribution in [0.15, 0.2) is 35.7 Å². The van der Waals surface area contributed by atoms with Gasteiger partial charge in [0.25, 0.3) is 0 Å². The monoisotopic (exact) mass is 289 g/mol. The quantitative estimate of drug-likeness (QED) is 0.830. The highest BCUT2D eigenvalue weighted by molar-refractivity contribution is 7.09. The molecule has 0 saturated carbocycles. The molecule has 4 nitrogen and oxygen atoms in total. The van der Waals surface area contributed by atoms with Gasteiger partial charge in [-0.1, -0.05) is 17.7 Å². The molecular weight excluding hydrogens is 274 g/mol. The summed E-state index contributed by atoms with van der Waals surface area (Å²) in [7, 11) is 0. The largest absolute Gasteiger partial charge is 0.493 e. The molecule has 0 bridgehead atoms. The van der Waals surface area contributed by atoms with Crippen LogP contribution in [0.5, 0.6) is 5.75 Å². The lowest BCUT2D eigenvalue weighted by molar-refractivity contribution is -0.131. The Balaban J connectivity index is 1.82. The van der Waals surface area contributed by atoms with Crippen LogP contribution < -0.4 is 4.74 Å². The molecule has 5 heteroatoms. The molecule has 0 fully saturated rings. The third-order valence-corrected chi connectivity index (χ3v) is 3.50. The van der Waals surface area contributed by atoms with Gasteiger partial charge in [0.1, 0.15) is 5.75 Å². The maximum absolute atomic E-state index is 10.4. The fourth-order valence-electron chi connectivity index (χ4n) is 1.56. The second-order valence-corrected chi connectivity index (χ2v) is 5.19. The van der Waals surface area contributed by atoms with E-state index in [4.69, 9.17) is 9.84 Å². The van der Waals surface area contributed by atoms with Gasteiger partial charge < -0.3 is 9.84 Å². The van der Waals surface area contributed by atoms with E-state index in [9.17, 15) is 4.79 Å². The van der Waals surface area contributed by atoms with Crippen molar-refractivity contribution in [3.63, 3.8) is 0 Å². The summed E-state index contributed by atoms with van der Waals surface area (Å²) in [6.45, 7) is 2.59. The Labute approximate surface area is 121 Å². The molecule has 0 spiro atoms. The number of aromatic nitrogens is 1. The zero-order chi connectivity index (χ0) is 14.4. The third kappa shape index (κ3) is 4.51. The van der Waals surface area contributed by atoms with Crippen LogP contribution in [0, 0.1) is 6.92 Å². The van der Waals surface area contributed by atoms with Gasteiger partial charge in [0, 0.05) is 17.9 Å². The molecule has 0 unspecified atom stereocenters. The molecule has 0 saturated heterocycles. The van der Waals surface area contributed by atoms with Gasteiger partial charge in [-0.25, -0.2) is 9.78 Å². The molecule has 1 aromatic carbocycles. The first-order chi connectivity index (χ1) is 9.63. The van der Waals surface area contributed by atoms with Gasteiger partial charge in [-0.05, 0) is 25.1 Å². The predicted molar refractivity (Wildman–Crippen MR) is 79.2 cm³/mol. The topological polar surface area (TPSA) is 59.4 Å². The molecular formula is C15H15NO3S. The van der Waals surface area contributed by atoms with E-state index >= 15 is 0 Å². The minimum atomic E-state index is -0.970. The number of aryl methyl sites for hydroxylation is 1. The summed E-state index contributed by atoms with van der Waals surface area (Å²) < 4.78 is 5.63. The first kappa shape index (κ1) is 14.3. The summed E-state index contributed by atoms with van der Waals surface area (Å²) in [6.07, 6.45) is 3.28. The van der Waals surface area contributed by atoms with Crippen LogP contribution in [-0.4, -0.2) is 22.7 Å². The molecule has 0 aliphatic rings. The predicted octanol–water partition coefficient (Wildman–Crippen LogP) is 3.17. The Morgan fingerprint density at radius 1 is 1.40 bits per heavy atom. The number of nitrogens with zero attached hydrogens (tertiary/aromatic N) is 1. The van der Waals surface area contributed by atoms with Gasteiger partial charge in [-0.15, -0.1) is 11.3 Å². The number of carboxylic acid groups (broad SMARTS) is 1. The van der Waals surface area contributed by atoms with Gasteiger partial charge >= 0.3 is 5.97 Å². The lowest BCUT2D eigenvalue weighted by Gasteiger charge is -2.04. The van der Waals surface area contributed by atoms with Crippen LogP contribution in [0.3, 0.4) is 0 Å². The summed E-state index contributed by atoms with van der Waals surface area (Å²) in [5, 5.41) is 11.3. The van der Waals surface area contributed by atoms with E-state index in [2.05, 4.69) is 4.98 Å². The van der Waals surface area contributed by atoms with E-state index in [1.807, 2.05) is 36.6 Å². The van der Waals surface area contributed by atoms with Crippen LogP contribution >= 0.6 is 11.3 Å². The Morgan fingerprint density at radius 3 is 2.85 bits per heavy atom. The normalized spacial score (nSPS) is 10.8. The van der Waals surface area contributed by atoms with E-state index in [0.717, 1.165) is 16.8 Å². The summed E-state index contributed by atoms with van der Waals surface area (Å²) >= 11 is 1.50. The van der Waals surface area contributed by atoms with Crippen LogP contribution in [0.2, 0.25) is 0 Å². The van der Waals surface area contributed by atoms with Crippen molar-refractivity contribution in [3.05, 3.63) is 52.0 Å². The summed E-state index contributed by atoms with van der Waals surface area (Å²) in [5.41, 5.74) is 1.87. The summed E-state index contributed by atoms with van der Waals surface area (Å²) in [4.78, 5) is 14.7. The Hall–Kier alpha value is -2.14. The van der Waals surface area contributed by atoms with Crippen molar-refractivity contribution in [1.82, 2.24) is 4.98 Å². The maximum atomic E-state index is 10.4. The van der Waals surface area contributed by atoms with Crippen LogP contribution in [-0.2, 0) is 11.2 Å². The molecule has 104 valence electrons. The van der Waals surface area contributed by atoms with Crippen molar-refractivity contribution in [2.75, 3.05) is 6.61 Å². The number of rotatable bonds is 6. The molecule has 0 radical (unpaired) electrons. The lowest BCUT2D eigenvalue weighted by atomic mass is 10.2. The Bertz CT molecular complexity index is 602. The van der Waals surface area contributed by atoms with Crippen molar-refractivity contribution in [1.29, 1.82) is 0 Å². The zero-order valence-electron chi connectivity index (χ0n) is 11.1. The first-order valence-electron chi connectivity index (χ1n) is 6.18. The number of benzene rings is 1. The number of carbonyl (C=O) groups is 1. The molecule has 0 aliphatic carbocycles. The van der Waals surface area contributed by atoms with Gasteiger partial charge in [-0.3, -0.25) is 0 Å². The average Bonchev–Trinajstić information content (AvgIpc) is 2.87. The minimum Gasteiger partial charge on any atom is -0.493 e.